The number of hydrogen-bond donors (Lipinski definition) is 1. The SMILES string of the molecule is OC1CCCc2cn(CC3CCC4(CCCC4)O3)cc21. The highest BCUT2D eigenvalue weighted by molar-refractivity contribution is 5.29. The van der Waals surface area contributed by atoms with Crippen molar-refractivity contribution in [2.45, 2.75) is 82.1 Å². The van der Waals surface area contributed by atoms with E-state index in [0.29, 0.717) is 6.10 Å². The molecule has 1 aromatic heterocycles. The van der Waals surface area contributed by atoms with Crippen molar-refractivity contribution >= 4 is 0 Å². The number of rotatable bonds is 2. The zero-order valence-electron chi connectivity index (χ0n) is 12.2. The molecule has 2 atom stereocenters. The van der Waals surface area contributed by atoms with E-state index in [4.69, 9.17) is 4.74 Å². The fraction of sp³-hybridized carbons (Fsp3) is 0.765. The fourth-order valence-electron chi connectivity index (χ4n) is 4.48. The Balaban J connectivity index is 1.45. The van der Waals surface area contributed by atoms with E-state index in [1.165, 1.54) is 44.1 Å². The Labute approximate surface area is 120 Å². The van der Waals surface area contributed by atoms with Gasteiger partial charge in [-0.1, -0.05) is 12.8 Å². The summed E-state index contributed by atoms with van der Waals surface area (Å²) in [6.07, 6.45) is 15.3. The van der Waals surface area contributed by atoms with Crippen molar-refractivity contribution in [2.24, 2.45) is 0 Å². The summed E-state index contributed by atoms with van der Waals surface area (Å²) < 4.78 is 8.65. The van der Waals surface area contributed by atoms with Crippen LogP contribution in [0.5, 0.6) is 0 Å². The van der Waals surface area contributed by atoms with Crippen LogP contribution in [-0.2, 0) is 17.7 Å². The second kappa shape index (κ2) is 4.88. The van der Waals surface area contributed by atoms with Crippen molar-refractivity contribution in [3.8, 4) is 0 Å². The van der Waals surface area contributed by atoms with Gasteiger partial charge in [0.2, 0.25) is 0 Å². The smallest absolute Gasteiger partial charge is 0.0807 e. The van der Waals surface area contributed by atoms with Gasteiger partial charge < -0.3 is 14.4 Å². The van der Waals surface area contributed by atoms with Crippen LogP contribution in [0.25, 0.3) is 0 Å². The third-order valence-electron chi connectivity index (χ3n) is 5.55. The van der Waals surface area contributed by atoms with E-state index in [1.54, 1.807) is 0 Å². The van der Waals surface area contributed by atoms with Crippen molar-refractivity contribution in [1.29, 1.82) is 0 Å². The Kier molecular flexibility index (Phi) is 3.15. The lowest BCUT2D eigenvalue weighted by molar-refractivity contribution is -0.0418. The molecular formula is C17H25NO2. The van der Waals surface area contributed by atoms with Gasteiger partial charge in [-0.25, -0.2) is 0 Å². The first-order valence-corrected chi connectivity index (χ1v) is 8.29. The second-order valence-electron chi connectivity index (χ2n) is 7.01. The molecule has 1 aliphatic heterocycles. The van der Waals surface area contributed by atoms with Crippen LogP contribution in [0.2, 0.25) is 0 Å². The van der Waals surface area contributed by atoms with E-state index in [-0.39, 0.29) is 11.7 Å². The molecule has 0 aromatic carbocycles. The van der Waals surface area contributed by atoms with Gasteiger partial charge in [-0.2, -0.15) is 0 Å². The molecule has 20 heavy (non-hydrogen) atoms. The lowest BCUT2D eigenvalue weighted by Gasteiger charge is -2.24. The van der Waals surface area contributed by atoms with Gasteiger partial charge in [0, 0.05) is 24.5 Å². The Hall–Kier alpha value is -0.800. The predicted octanol–water partition coefficient (Wildman–Crippen LogP) is 3.35. The molecule has 1 saturated heterocycles. The highest BCUT2D eigenvalue weighted by atomic mass is 16.5. The van der Waals surface area contributed by atoms with Crippen LogP contribution in [-0.4, -0.2) is 21.4 Å². The second-order valence-corrected chi connectivity index (χ2v) is 7.01. The third kappa shape index (κ3) is 2.21. The Bertz CT molecular complexity index is 487. The molecule has 3 nitrogen and oxygen atoms in total. The number of aromatic nitrogens is 1. The molecule has 2 aliphatic carbocycles. The highest BCUT2D eigenvalue weighted by Gasteiger charge is 2.42. The molecule has 2 heterocycles. The molecule has 0 bridgehead atoms. The van der Waals surface area contributed by atoms with E-state index in [0.717, 1.165) is 31.4 Å². The summed E-state index contributed by atoms with van der Waals surface area (Å²) in [6, 6.07) is 0. The highest BCUT2D eigenvalue weighted by Crippen LogP contribution is 2.43. The first-order chi connectivity index (χ1) is 9.74. The molecule has 3 aliphatic rings. The third-order valence-corrected chi connectivity index (χ3v) is 5.55. The van der Waals surface area contributed by atoms with E-state index in [1.807, 2.05) is 0 Å². The van der Waals surface area contributed by atoms with Crippen LogP contribution in [0.4, 0.5) is 0 Å². The van der Waals surface area contributed by atoms with Gasteiger partial charge in [0.15, 0.2) is 0 Å². The van der Waals surface area contributed by atoms with Crippen LogP contribution in [0.15, 0.2) is 12.4 Å². The van der Waals surface area contributed by atoms with Gasteiger partial charge in [-0.3, -0.25) is 0 Å². The fourth-order valence-corrected chi connectivity index (χ4v) is 4.48. The van der Waals surface area contributed by atoms with Gasteiger partial charge in [-0.05, 0) is 50.5 Å². The number of aliphatic hydroxyl groups is 1. The Morgan fingerprint density at radius 2 is 2.00 bits per heavy atom. The molecule has 2 fully saturated rings. The topological polar surface area (TPSA) is 34.4 Å². The van der Waals surface area contributed by atoms with Crippen molar-refractivity contribution in [3.63, 3.8) is 0 Å². The number of aliphatic hydroxyl groups excluding tert-OH is 1. The molecule has 110 valence electrons. The first kappa shape index (κ1) is 12.9. The average Bonchev–Trinajstić information content (AvgIpc) is 3.13. The normalized spacial score (nSPS) is 31.9. The van der Waals surface area contributed by atoms with E-state index < -0.39 is 0 Å². The minimum atomic E-state index is -0.245. The first-order valence-electron chi connectivity index (χ1n) is 8.29. The number of fused-ring (bicyclic) bond motifs is 1. The zero-order chi connectivity index (χ0) is 13.6. The number of aryl methyl sites for hydroxylation is 1. The summed E-state index contributed by atoms with van der Waals surface area (Å²) in [5.74, 6) is 0. The maximum atomic E-state index is 10.1. The molecule has 1 aromatic rings. The molecule has 3 heteroatoms. The summed E-state index contributed by atoms with van der Waals surface area (Å²) in [7, 11) is 0. The van der Waals surface area contributed by atoms with Gasteiger partial charge in [0.25, 0.3) is 0 Å². The summed E-state index contributed by atoms with van der Waals surface area (Å²) in [5, 5.41) is 10.1. The number of ether oxygens (including phenoxy) is 1. The van der Waals surface area contributed by atoms with Crippen LogP contribution >= 0.6 is 0 Å². The van der Waals surface area contributed by atoms with Crippen LogP contribution in [0.1, 0.15) is 68.6 Å². The van der Waals surface area contributed by atoms with Crippen LogP contribution in [0.3, 0.4) is 0 Å². The quantitative estimate of drug-likeness (QED) is 0.898. The molecule has 1 N–H and O–H groups in total. The molecule has 4 rings (SSSR count). The lowest BCUT2D eigenvalue weighted by atomic mass is 9.93. The minimum absolute atomic E-state index is 0.233. The Morgan fingerprint density at radius 3 is 2.80 bits per heavy atom. The maximum Gasteiger partial charge on any atom is 0.0807 e. The van der Waals surface area contributed by atoms with Gasteiger partial charge in [-0.15, -0.1) is 0 Å². The molecular weight excluding hydrogens is 250 g/mol. The van der Waals surface area contributed by atoms with Crippen LogP contribution < -0.4 is 0 Å². The van der Waals surface area contributed by atoms with E-state index in [2.05, 4.69) is 17.0 Å². The summed E-state index contributed by atoms with van der Waals surface area (Å²) in [6.45, 7) is 0.960. The molecule has 1 spiro atoms. The maximum absolute atomic E-state index is 10.1. The largest absolute Gasteiger partial charge is 0.388 e. The Morgan fingerprint density at radius 1 is 1.15 bits per heavy atom. The molecule has 0 radical (unpaired) electrons. The van der Waals surface area contributed by atoms with Crippen molar-refractivity contribution < 1.29 is 9.84 Å². The molecule has 2 unspecified atom stereocenters. The standard InChI is InChI=1S/C17H25NO2/c19-16-5-3-4-13-10-18(12-15(13)16)11-14-6-9-17(20-14)7-1-2-8-17/h10,12,14,16,19H,1-9,11H2. The number of nitrogens with zero attached hydrogens (tertiary/aromatic N) is 1. The minimum Gasteiger partial charge on any atom is -0.388 e. The number of hydrogen-bond acceptors (Lipinski definition) is 2. The summed E-state index contributed by atoms with van der Waals surface area (Å²) >= 11 is 0. The van der Waals surface area contributed by atoms with Crippen LogP contribution in [0, 0.1) is 0 Å². The average molecular weight is 275 g/mol. The van der Waals surface area contributed by atoms with Crippen molar-refractivity contribution in [2.75, 3.05) is 0 Å². The van der Waals surface area contributed by atoms with Crippen molar-refractivity contribution in [1.82, 2.24) is 4.57 Å². The van der Waals surface area contributed by atoms with E-state index in [9.17, 15) is 5.11 Å². The molecule has 0 amide bonds. The molecule has 1 saturated carbocycles. The van der Waals surface area contributed by atoms with E-state index >= 15 is 0 Å². The monoisotopic (exact) mass is 275 g/mol. The van der Waals surface area contributed by atoms with Gasteiger partial charge in [0.1, 0.15) is 0 Å². The zero-order valence-corrected chi connectivity index (χ0v) is 12.2. The van der Waals surface area contributed by atoms with Crippen molar-refractivity contribution in [3.05, 3.63) is 23.5 Å². The predicted molar refractivity (Wildman–Crippen MR) is 77.6 cm³/mol. The van der Waals surface area contributed by atoms with Gasteiger partial charge in [0.05, 0.1) is 17.8 Å². The lowest BCUT2D eigenvalue weighted by Crippen LogP contribution is -2.26. The van der Waals surface area contributed by atoms with Gasteiger partial charge >= 0.3 is 0 Å². The summed E-state index contributed by atoms with van der Waals surface area (Å²) in [5.41, 5.74) is 2.74. The summed E-state index contributed by atoms with van der Waals surface area (Å²) in [4.78, 5) is 0.